The lowest BCUT2D eigenvalue weighted by Crippen LogP contribution is -2.48. The van der Waals surface area contributed by atoms with Crippen molar-refractivity contribution in [1.29, 1.82) is 0 Å². The Morgan fingerprint density at radius 2 is 2.07 bits per heavy atom. The highest BCUT2D eigenvalue weighted by atomic mass is 19.1. The normalized spacial score (nSPS) is 11.6. The Morgan fingerprint density at radius 1 is 1.33 bits per heavy atom. The van der Waals surface area contributed by atoms with Gasteiger partial charge in [0.25, 0.3) is 0 Å². The molecule has 0 aromatic carbocycles. The van der Waals surface area contributed by atoms with Crippen molar-refractivity contribution in [3.8, 4) is 11.4 Å². The summed E-state index contributed by atoms with van der Waals surface area (Å²) in [4.78, 5) is 29.1. The summed E-state index contributed by atoms with van der Waals surface area (Å²) in [5.41, 5.74) is -0.130. The van der Waals surface area contributed by atoms with E-state index in [1.165, 1.54) is 11.0 Å². The zero-order valence-corrected chi connectivity index (χ0v) is 15.5. The number of nitrogens with zero attached hydrogens (tertiary/aromatic N) is 4. The molecule has 27 heavy (non-hydrogen) atoms. The van der Waals surface area contributed by atoms with E-state index in [1.54, 1.807) is 27.1 Å². The maximum Gasteiger partial charge on any atom is 0.247 e. The molecule has 0 spiro atoms. The second-order valence-corrected chi connectivity index (χ2v) is 6.71. The van der Waals surface area contributed by atoms with E-state index < -0.39 is 17.2 Å². The standard InChI is InChI=1S/C18H20F2N6O.2H2/c1-5-26(4)17(27)18(2,3)25-16-13(20)9-23-15(24-16)12-8-22-14-11(12)6-10(19)7-21-14;;/h6-9H,5H2,1-4H3,(H,21,22)(H,23,24,25);2*1H. The number of likely N-dealkylation sites (N-methyl/N-ethyl adjacent to an activating group) is 1. The number of rotatable bonds is 5. The van der Waals surface area contributed by atoms with Crippen LogP contribution in [0.15, 0.2) is 24.7 Å². The number of H-pyrrole nitrogens is 1. The van der Waals surface area contributed by atoms with E-state index in [0.29, 0.717) is 23.1 Å². The quantitative estimate of drug-likeness (QED) is 0.710. The van der Waals surface area contributed by atoms with Gasteiger partial charge in [-0.15, -0.1) is 0 Å². The first-order chi connectivity index (χ1) is 12.7. The summed E-state index contributed by atoms with van der Waals surface area (Å²) >= 11 is 0. The molecule has 0 radical (unpaired) electrons. The van der Waals surface area contributed by atoms with Crippen molar-refractivity contribution in [3.63, 3.8) is 0 Å². The second-order valence-electron chi connectivity index (χ2n) is 6.71. The molecule has 9 heteroatoms. The van der Waals surface area contributed by atoms with Crippen molar-refractivity contribution >= 4 is 22.8 Å². The highest BCUT2D eigenvalue weighted by molar-refractivity contribution is 5.92. The van der Waals surface area contributed by atoms with Crippen LogP contribution in [0.3, 0.4) is 0 Å². The zero-order chi connectivity index (χ0) is 19.8. The number of carbonyl (C=O) groups is 1. The molecule has 3 aromatic heterocycles. The van der Waals surface area contributed by atoms with Crippen molar-refractivity contribution < 1.29 is 16.4 Å². The van der Waals surface area contributed by atoms with Crippen LogP contribution in [0.4, 0.5) is 14.6 Å². The van der Waals surface area contributed by atoms with E-state index in [4.69, 9.17) is 0 Å². The molecule has 0 aliphatic heterocycles. The Hall–Kier alpha value is -3.10. The number of hydrogen-bond acceptors (Lipinski definition) is 5. The van der Waals surface area contributed by atoms with Crippen molar-refractivity contribution in [2.75, 3.05) is 18.9 Å². The van der Waals surface area contributed by atoms with Crippen LogP contribution < -0.4 is 5.32 Å². The molecule has 1 amide bonds. The van der Waals surface area contributed by atoms with Gasteiger partial charge in [0.1, 0.15) is 17.0 Å². The van der Waals surface area contributed by atoms with Crippen LogP contribution in [0.1, 0.15) is 23.6 Å². The Labute approximate surface area is 157 Å². The van der Waals surface area contributed by atoms with Crippen LogP contribution in [-0.2, 0) is 4.79 Å². The number of nitrogens with one attached hydrogen (secondary N) is 2. The van der Waals surface area contributed by atoms with Gasteiger partial charge in [0.2, 0.25) is 5.91 Å². The summed E-state index contributed by atoms with van der Waals surface area (Å²) in [6, 6.07) is 1.30. The third-order valence-corrected chi connectivity index (χ3v) is 4.27. The molecule has 0 saturated heterocycles. The molecule has 3 rings (SSSR count). The van der Waals surface area contributed by atoms with Gasteiger partial charge in [0.15, 0.2) is 17.5 Å². The van der Waals surface area contributed by atoms with E-state index >= 15 is 0 Å². The molecule has 3 heterocycles. The van der Waals surface area contributed by atoms with E-state index in [1.807, 2.05) is 6.92 Å². The van der Waals surface area contributed by atoms with Gasteiger partial charge in [-0.25, -0.2) is 23.7 Å². The molecule has 0 aliphatic carbocycles. The minimum Gasteiger partial charge on any atom is -0.354 e. The SMILES string of the molecule is CCN(C)C(=O)C(C)(C)Nc1nc(-c2c[nH]c3ncc(F)cc23)ncc1F.[HH].[HH]. The van der Waals surface area contributed by atoms with Crippen LogP contribution in [-0.4, -0.2) is 49.9 Å². The number of carbonyl (C=O) groups excluding carboxylic acids is 1. The first-order valence-corrected chi connectivity index (χ1v) is 8.42. The van der Waals surface area contributed by atoms with Gasteiger partial charge < -0.3 is 15.2 Å². The average Bonchev–Trinajstić information content (AvgIpc) is 3.05. The van der Waals surface area contributed by atoms with Crippen molar-refractivity contribution in [2.24, 2.45) is 0 Å². The Balaban J connectivity index is 0.00000210. The lowest BCUT2D eigenvalue weighted by atomic mass is 10.0. The van der Waals surface area contributed by atoms with Crippen LogP contribution in [0, 0.1) is 11.6 Å². The van der Waals surface area contributed by atoms with Gasteiger partial charge in [-0.1, -0.05) is 0 Å². The summed E-state index contributed by atoms with van der Waals surface area (Å²) in [6.07, 6.45) is 3.69. The molecular weight excluding hydrogens is 354 g/mol. The summed E-state index contributed by atoms with van der Waals surface area (Å²) in [7, 11) is 1.67. The Kier molecular flexibility index (Phi) is 4.77. The smallest absolute Gasteiger partial charge is 0.247 e. The van der Waals surface area contributed by atoms with Crippen molar-refractivity contribution in [3.05, 3.63) is 36.3 Å². The largest absolute Gasteiger partial charge is 0.354 e. The molecule has 2 N–H and O–H groups in total. The van der Waals surface area contributed by atoms with Gasteiger partial charge in [0, 0.05) is 33.6 Å². The number of aromatic nitrogens is 4. The van der Waals surface area contributed by atoms with E-state index in [-0.39, 0.29) is 20.4 Å². The molecule has 0 fully saturated rings. The summed E-state index contributed by atoms with van der Waals surface area (Å²) in [5.74, 6) is -1.32. The lowest BCUT2D eigenvalue weighted by molar-refractivity contribution is -0.133. The topological polar surface area (TPSA) is 86.8 Å². The number of fused-ring (bicyclic) bond motifs is 1. The number of pyridine rings is 1. The number of hydrogen-bond donors (Lipinski definition) is 2. The molecular formula is C18H24F2N6O. The maximum absolute atomic E-state index is 14.3. The van der Waals surface area contributed by atoms with E-state index in [0.717, 1.165) is 12.4 Å². The Bertz CT molecular complexity index is 1010. The zero-order valence-electron chi connectivity index (χ0n) is 15.5. The molecule has 0 saturated carbocycles. The minimum absolute atomic E-state index is 0. The van der Waals surface area contributed by atoms with Crippen molar-refractivity contribution in [2.45, 2.75) is 26.3 Å². The number of aromatic amines is 1. The molecule has 0 aliphatic rings. The van der Waals surface area contributed by atoms with Crippen LogP contribution in [0.5, 0.6) is 0 Å². The molecule has 0 bridgehead atoms. The van der Waals surface area contributed by atoms with Gasteiger partial charge in [-0.3, -0.25) is 4.79 Å². The highest BCUT2D eigenvalue weighted by Crippen LogP contribution is 2.27. The monoisotopic (exact) mass is 378 g/mol. The van der Waals surface area contributed by atoms with Crippen LogP contribution in [0.25, 0.3) is 22.4 Å². The van der Waals surface area contributed by atoms with E-state index in [2.05, 4.69) is 25.3 Å². The van der Waals surface area contributed by atoms with Crippen molar-refractivity contribution in [1.82, 2.24) is 24.8 Å². The van der Waals surface area contributed by atoms with Gasteiger partial charge in [0.05, 0.1) is 12.4 Å². The van der Waals surface area contributed by atoms with Gasteiger partial charge >= 0.3 is 0 Å². The fraction of sp³-hybridized carbons (Fsp3) is 0.333. The summed E-state index contributed by atoms with van der Waals surface area (Å²) in [6.45, 7) is 5.66. The maximum atomic E-state index is 14.3. The first kappa shape index (κ1) is 18.7. The highest BCUT2D eigenvalue weighted by Gasteiger charge is 2.31. The summed E-state index contributed by atoms with van der Waals surface area (Å²) < 4.78 is 27.8. The van der Waals surface area contributed by atoms with Gasteiger partial charge in [-0.05, 0) is 26.8 Å². The number of anilines is 1. The fourth-order valence-corrected chi connectivity index (χ4v) is 2.72. The third-order valence-electron chi connectivity index (χ3n) is 4.27. The molecule has 0 unspecified atom stereocenters. The molecule has 3 aromatic rings. The minimum atomic E-state index is -1.08. The predicted molar refractivity (Wildman–Crippen MR) is 102 cm³/mol. The van der Waals surface area contributed by atoms with Gasteiger partial charge in [-0.2, -0.15) is 0 Å². The Morgan fingerprint density at radius 3 is 2.78 bits per heavy atom. The lowest BCUT2D eigenvalue weighted by Gasteiger charge is -2.30. The predicted octanol–water partition coefficient (Wildman–Crippen LogP) is 3.46. The number of amides is 1. The molecule has 0 atom stereocenters. The van der Waals surface area contributed by atoms with E-state index in [9.17, 15) is 13.6 Å². The van der Waals surface area contributed by atoms with Crippen LogP contribution in [0.2, 0.25) is 0 Å². The summed E-state index contributed by atoms with van der Waals surface area (Å²) in [5, 5.41) is 3.33. The third kappa shape index (κ3) is 3.57. The first-order valence-electron chi connectivity index (χ1n) is 8.42. The van der Waals surface area contributed by atoms with Crippen LogP contribution >= 0.6 is 0 Å². The second kappa shape index (κ2) is 6.90. The molecule has 146 valence electrons. The average molecular weight is 378 g/mol. The fourth-order valence-electron chi connectivity index (χ4n) is 2.72. The number of halogens is 2. The molecule has 7 nitrogen and oxygen atoms in total.